The van der Waals surface area contributed by atoms with Gasteiger partial charge in [-0.25, -0.2) is 9.37 Å². The molecule has 9 nitrogen and oxygen atoms in total. The molecule has 1 saturated heterocycles. The van der Waals surface area contributed by atoms with Crippen LogP contribution in [0.3, 0.4) is 0 Å². The van der Waals surface area contributed by atoms with E-state index >= 15 is 0 Å². The van der Waals surface area contributed by atoms with E-state index in [0.29, 0.717) is 54.9 Å². The summed E-state index contributed by atoms with van der Waals surface area (Å²) in [6, 6.07) is 6.35. The Labute approximate surface area is 195 Å². The van der Waals surface area contributed by atoms with E-state index in [-0.39, 0.29) is 35.5 Å². The maximum atomic E-state index is 14.4. The fourth-order valence-electron chi connectivity index (χ4n) is 5.36. The molecule has 0 radical (unpaired) electrons. The summed E-state index contributed by atoms with van der Waals surface area (Å²) in [5.41, 5.74) is 8.11. The number of morpholine rings is 1. The van der Waals surface area contributed by atoms with Gasteiger partial charge in [-0.3, -0.25) is 4.79 Å². The lowest BCUT2D eigenvalue weighted by molar-refractivity contribution is -0.122. The van der Waals surface area contributed by atoms with Crippen molar-refractivity contribution in [2.24, 2.45) is 23.5 Å². The highest BCUT2D eigenvalue weighted by molar-refractivity contribution is 5.86. The standard InChI is InChI=1S/C24H25FN6O3/c25-15-10-16(12-17(11-15)31-4-7-33-8-5-31)27-24-28-18-3-6-34-21(18)23(30-24)29-20-14-2-1-13(9-14)19(20)22(26)32/h1-3,6,10-14,19-20H,4-5,7-9H2,(H2,26,32)(H2,27,28,29,30)/t13-,14+,19+,20?/m1/s1. The second-order valence-corrected chi connectivity index (χ2v) is 9.00. The topological polar surface area (TPSA) is 119 Å². The number of nitrogens with two attached hydrogens (primary N) is 1. The van der Waals surface area contributed by atoms with Gasteiger partial charge in [0.1, 0.15) is 11.3 Å². The molecule has 4 atom stereocenters. The average Bonchev–Trinajstić information content (AvgIpc) is 3.55. The number of halogens is 1. The molecule has 6 rings (SSSR count). The molecule has 3 aromatic rings. The lowest BCUT2D eigenvalue weighted by Gasteiger charge is -2.29. The van der Waals surface area contributed by atoms with Gasteiger partial charge in [-0.15, -0.1) is 0 Å². The Bertz CT molecular complexity index is 1270. The summed E-state index contributed by atoms with van der Waals surface area (Å²) in [5, 5.41) is 6.53. The number of furan rings is 1. The summed E-state index contributed by atoms with van der Waals surface area (Å²) < 4.78 is 25.5. The van der Waals surface area contributed by atoms with Gasteiger partial charge in [-0.1, -0.05) is 12.2 Å². The summed E-state index contributed by atoms with van der Waals surface area (Å²) in [7, 11) is 0. The molecule has 3 heterocycles. The van der Waals surface area contributed by atoms with Crippen LogP contribution in [-0.4, -0.2) is 48.2 Å². The predicted octanol–water partition coefficient (Wildman–Crippen LogP) is 3.03. The zero-order valence-electron chi connectivity index (χ0n) is 18.4. The lowest BCUT2D eigenvalue weighted by atomic mass is 9.88. The van der Waals surface area contributed by atoms with Crippen LogP contribution in [0.1, 0.15) is 6.42 Å². The number of ether oxygens (including phenoxy) is 1. The number of carbonyl (C=O) groups is 1. The molecule has 0 spiro atoms. The van der Waals surface area contributed by atoms with Gasteiger partial charge in [0.2, 0.25) is 11.9 Å². The highest BCUT2D eigenvalue weighted by Gasteiger charge is 2.47. The number of aromatic nitrogens is 2. The summed E-state index contributed by atoms with van der Waals surface area (Å²) in [4.78, 5) is 23.4. The summed E-state index contributed by atoms with van der Waals surface area (Å²) >= 11 is 0. The smallest absolute Gasteiger partial charge is 0.229 e. The second-order valence-electron chi connectivity index (χ2n) is 9.00. The van der Waals surface area contributed by atoms with Crippen molar-refractivity contribution in [3.8, 4) is 0 Å². The molecule has 3 aliphatic rings. The van der Waals surface area contributed by atoms with E-state index in [9.17, 15) is 9.18 Å². The Kier molecular flexibility index (Phi) is 5.09. The Morgan fingerprint density at radius 2 is 1.97 bits per heavy atom. The lowest BCUT2D eigenvalue weighted by Crippen LogP contribution is -2.41. The Morgan fingerprint density at radius 3 is 2.79 bits per heavy atom. The number of hydrogen-bond acceptors (Lipinski definition) is 8. The third kappa shape index (κ3) is 3.73. The quantitative estimate of drug-likeness (QED) is 0.477. The summed E-state index contributed by atoms with van der Waals surface area (Å²) in [6.45, 7) is 2.62. The van der Waals surface area contributed by atoms with Crippen LogP contribution in [0.2, 0.25) is 0 Å². The van der Waals surface area contributed by atoms with E-state index < -0.39 is 0 Å². The van der Waals surface area contributed by atoms with E-state index in [0.717, 1.165) is 12.1 Å². The van der Waals surface area contributed by atoms with Crippen LogP contribution in [-0.2, 0) is 9.53 Å². The van der Waals surface area contributed by atoms with Crippen molar-refractivity contribution < 1.29 is 18.3 Å². The van der Waals surface area contributed by atoms with Crippen molar-refractivity contribution in [1.29, 1.82) is 0 Å². The number of anilines is 4. The van der Waals surface area contributed by atoms with Gasteiger partial charge in [0.05, 0.1) is 25.4 Å². The highest BCUT2D eigenvalue weighted by atomic mass is 19.1. The number of nitrogens with zero attached hydrogens (tertiary/aromatic N) is 3. The Balaban J connectivity index is 1.30. The molecular formula is C24H25FN6O3. The fourth-order valence-corrected chi connectivity index (χ4v) is 5.36. The van der Waals surface area contributed by atoms with Gasteiger partial charge in [0.25, 0.3) is 0 Å². The molecule has 2 fully saturated rings. The molecule has 2 bridgehead atoms. The first-order valence-corrected chi connectivity index (χ1v) is 11.4. The van der Waals surface area contributed by atoms with Crippen LogP contribution < -0.4 is 21.3 Å². The monoisotopic (exact) mass is 464 g/mol. The molecular weight excluding hydrogens is 439 g/mol. The average molecular weight is 465 g/mol. The molecule has 1 unspecified atom stereocenters. The first-order valence-electron chi connectivity index (χ1n) is 11.4. The SMILES string of the molecule is NC(=O)[C@@H]1C(Nc2nc(Nc3cc(F)cc(N4CCOCC4)c3)nc3ccoc23)[C@H]2C=C[C@@H]1C2. The first kappa shape index (κ1) is 20.9. The van der Waals surface area contributed by atoms with Crippen molar-refractivity contribution >= 4 is 40.1 Å². The van der Waals surface area contributed by atoms with Gasteiger partial charge in [-0.05, 0) is 36.5 Å². The number of carbonyl (C=O) groups excluding carboxylic acids is 1. The number of hydrogen-bond donors (Lipinski definition) is 3. The number of amides is 1. The highest BCUT2D eigenvalue weighted by Crippen LogP contribution is 2.45. The zero-order chi connectivity index (χ0) is 23.2. The maximum absolute atomic E-state index is 14.4. The minimum absolute atomic E-state index is 0.137. The Morgan fingerprint density at radius 1 is 1.15 bits per heavy atom. The number of benzene rings is 1. The van der Waals surface area contributed by atoms with Crippen LogP contribution in [0.25, 0.3) is 11.1 Å². The number of rotatable bonds is 6. The molecule has 10 heteroatoms. The molecule has 1 aromatic carbocycles. The Hall–Kier alpha value is -3.66. The normalized spacial score (nSPS) is 25.7. The zero-order valence-corrected chi connectivity index (χ0v) is 18.4. The molecule has 1 aliphatic heterocycles. The van der Waals surface area contributed by atoms with Crippen LogP contribution >= 0.6 is 0 Å². The number of fused-ring (bicyclic) bond motifs is 3. The van der Waals surface area contributed by atoms with E-state index in [2.05, 4.69) is 37.7 Å². The number of allylic oxidation sites excluding steroid dienone is 1. The van der Waals surface area contributed by atoms with Gasteiger partial charge in [0.15, 0.2) is 11.4 Å². The number of nitrogens with one attached hydrogen (secondary N) is 2. The van der Waals surface area contributed by atoms with Crippen LogP contribution in [0.4, 0.5) is 27.5 Å². The number of primary amides is 1. The minimum atomic E-state index is -0.354. The third-order valence-electron chi connectivity index (χ3n) is 6.91. The molecule has 2 aliphatic carbocycles. The fraction of sp³-hybridized carbons (Fsp3) is 0.375. The third-order valence-corrected chi connectivity index (χ3v) is 6.91. The van der Waals surface area contributed by atoms with Gasteiger partial charge in [0, 0.05) is 36.6 Å². The van der Waals surface area contributed by atoms with E-state index in [1.165, 1.54) is 12.1 Å². The largest absolute Gasteiger partial charge is 0.459 e. The van der Waals surface area contributed by atoms with Crippen molar-refractivity contribution in [1.82, 2.24) is 9.97 Å². The molecule has 176 valence electrons. The molecule has 2 aromatic heterocycles. The molecule has 1 amide bonds. The van der Waals surface area contributed by atoms with Crippen LogP contribution in [0, 0.1) is 23.6 Å². The summed E-state index contributed by atoms with van der Waals surface area (Å²) in [6.07, 6.45) is 6.63. The second kappa shape index (κ2) is 8.28. The van der Waals surface area contributed by atoms with Gasteiger partial charge in [-0.2, -0.15) is 4.98 Å². The van der Waals surface area contributed by atoms with Crippen molar-refractivity contribution in [3.05, 3.63) is 48.5 Å². The van der Waals surface area contributed by atoms with Crippen molar-refractivity contribution in [2.45, 2.75) is 12.5 Å². The molecule has 34 heavy (non-hydrogen) atoms. The minimum Gasteiger partial charge on any atom is -0.459 e. The van der Waals surface area contributed by atoms with Crippen LogP contribution in [0.5, 0.6) is 0 Å². The summed E-state index contributed by atoms with van der Waals surface area (Å²) in [5.74, 6) is 0.102. The maximum Gasteiger partial charge on any atom is 0.229 e. The van der Waals surface area contributed by atoms with Gasteiger partial charge >= 0.3 is 0 Å². The first-order chi connectivity index (χ1) is 16.5. The van der Waals surface area contributed by atoms with Crippen molar-refractivity contribution in [3.63, 3.8) is 0 Å². The predicted molar refractivity (Wildman–Crippen MR) is 125 cm³/mol. The van der Waals surface area contributed by atoms with E-state index in [1.54, 1.807) is 12.3 Å². The van der Waals surface area contributed by atoms with E-state index in [4.69, 9.17) is 14.9 Å². The molecule has 4 N–H and O–H groups in total. The molecule has 1 saturated carbocycles. The van der Waals surface area contributed by atoms with E-state index in [1.807, 2.05) is 6.07 Å². The van der Waals surface area contributed by atoms with Crippen molar-refractivity contribution in [2.75, 3.05) is 41.8 Å². The van der Waals surface area contributed by atoms with Crippen LogP contribution in [0.15, 0.2) is 47.1 Å². The van der Waals surface area contributed by atoms with Gasteiger partial charge < -0.3 is 30.4 Å².